The minimum absolute atomic E-state index is 0.120. The lowest BCUT2D eigenvalue weighted by Crippen LogP contribution is -2.37. The first-order valence-corrected chi connectivity index (χ1v) is 7.28. The summed E-state index contributed by atoms with van der Waals surface area (Å²) in [5.74, 6) is 1.28. The van der Waals surface area contributed by atoms with E-state index in [0.29, 0.717) is 0 Å². The van der Waals surface area contributed by atoms with Gasteiger partial charge in [0.2, 0.25) is 5.91 Å². The lowest BCUT2D eigenvalue weighted by atomic mass is 9.93. The summed E-state index contributed by atoms with van der Waals surface area (Å²) in [7, 11) is 0. The highest BCUT2D eigenvalue weighted by atomic mass is 16.3. The lowest BCUT2D eigenvalue weighted by molar-refractivity contribution is -0.125. The van der Waals surface area contributed by atoms with Crippen molar-refractivity contribution in [1.82, 2.24) is 5.32 Å². The van der Waals surface area contributed by atoms with E-state index in [1.54, 1.807) is 0 Å². The van der Waals surface area contributed by atoms with Crippen LogP contribution in [-0.2, 0) is 4.79 Å². The summed E-state index contributed by atoms with van der Waals surface area (Å²) in [6.07, 6.45) is 11.2. The van der Waals surface area contributed by atoms with Crippen molar-refractivity contribution in [3.8, 4) is 0 Å². The van der Waals surface area contributed by atoms with Gasteiger partial charge in [0.05, 0.1) is 0 Å². The van der Waals surface area contributed by atoms with E-state index < -0.39 is 0 Å². The average Bonchev–Trinajstić information content (AvgIpc) is 3.00. The maximum Gasteiger partial charge on any atom is 0.223 e. The Morgan fingerprint density at radius 3 is 2.72 bits per heavy atom. The van der Waals surface area contributed by atoms with Crippen LogP contribution >= 0.6 is 0 Å². The number of aliphatic hydroxyl groups excluding tert-OH is 1. The predicted octanol–water partition coefficient (Wildman–Crippen LogP) is 2.26. The summed E-state index contributed by atoms with van der Waals surface area (Å²) in [4.78, 5) is 12.1. The van der Waals surface area contributed by atoms with Gasteiger partial charge < -0.3 is 10.4 Å². The molecule has 1 saturated carbocycles. The number of rotatable bonds is 5. The Bertz CT molecular complexity index is 308. The number of carbonyl (C=O) groups is 1. The van der Waals surface area contributed by atoms with Crippen molar-refractivity contribution in [3.05, 3.63) is 12.2 Å². The van der Waals surface area contributed by atoms with E-state index in [4.69, 9.17) is 5.11 Å². The van der Waals surface area contributed by atoms with Crippen molar-refractivity contribution in [2.75, 3.05) is 6.61 Å². The number of hydrogen-bond donors (Lipinski definition) is 2. The first-order valence-electron chi connectivity index (χ1n) is 7.28. The monoisotopic (exact) mass is 251 g/mol. The molecule has 1 fully saturated rings. The first-order chi connectivity index (χ1) is 8.69. The summed E-state index contributed by atoms with van der Waals surface area (Å²) in [6, 6.07) is 0.126. The summed E-state index contributed by atoms with van der Waals surface area (Å²) < 4.78 is 0. The normalized spacial score (nSPS) is 29.7. The second-order valence-corrected chi connectivity index (χ2v) is 5.97. The van der Waals surface area contributed by atoms with E-state index >= 15 is 0 Å². The van der Waals surface area contributed by atoms with Gasteiger partial charge in [0.15, 0.2) is 0 Å². The van der Waals surface area contributed by atoms with Crippen LogP contribution in [0.4, 0.5) is 0 Å². The number of hydrogen-bond acceptors (Lipinski definition) is 2. The number of carbonyl (C=O) groups excluding carboxylic acids is 1. The molecule has 102 valence electrons. The number of aliphatic hydroxyl groups is 1. The molecule has 2 N–H and O–H groups in total. The summed E-state index contributed by atoms with van der Waals surface area (Å²) in [5.41, 5.74) is 0. The molecule has 2 rings (SSSR count). The van der Waals surface area contributed by atoms with Gasteiger partial charge in [-0.05, 0) is 18.8 Å². The Balaban J connectivity index is 1.72. The van der Waals surface area contributed by atoms with Crippen LogP contribution in [0.25, 0.3) is 0 Å². The molecule has 0 aliphatic heterocycles. The minimum atomic E-state index is 0.120. The van der Waals surface area contributed by atoms with Crippen LogP contribution in [0.1, 0.15) is 45.4 Å². The van der Waals surface area contributed by atoms with E-state index in [9.17, 15) is 4.79 Å². The summed E-state index contributed by atoms with van der Waals surface area (Å²) in [6.45, 7) is 2.22. The highest BCUT2D eigenvalue weighted by molar-refractivity contribution is 5.78. The number of amides is 1. The van der Waals surface area contributed by atoms with Gasteiger partial charge in [0, 0.05) is 24.5 Å². The standard InChI is InChI=1S/C15H25NO2/c1-11(8-12-4-2-3-5-12)15(18)16-14-7-6-13(9-14)10-17/h6-7,11-14,17H,2-5,8-10H2,1H3,(H,16,18)/t11?,13-,14+/m0/s1. The predicted molar refractivity (Wildman–Crippen MR) is 72.0 cm³/mol. The van der Waals surface area contributed by atoms with E-state index in [0.717, 1.165) is 18.8 Å². The Hall–Kier alpha value is -0.830. The molecule has 0 heterocycles. The topological polar surface area (TPSA) is 49.3 Å². The molecular weight excluding hydrogens is 226 g/mol. The fourth-order valence-corrected chi connectivity index (χ4v) is 3.20. The van der Waals surface area contributed by atoms with Crippen LogP contribution in [-0.4, -0.2) is 23.7 Å². The highest BCUT2D eigenvalue weighted by Crippen LogP contribution is 2.30. The second-order valence-electron chi connectivity index (χ2n) is 5.97. The molecule has 0 radical (unpaired) electrons. The lowest BCUT2D eigenvalue weighted by Gasteiger charge is -2.19. The molecule has 0 spiro atoms. The number of nitrogens with one attached hydrogen (secondary N) is 1. The van der Waals surface area contributed by atoms with Crippen LogP contribution in [0.3, 0.4) is 0 Å². The molecule has 0 bridgehead atoms. The van der Waals surface area contributed by atoms with Crippen molar-refractivity contribution < 1.29 is 9.90 Å². The fraction of sp³-hybridized carbons (Fsp3) is 0.800. The second kappa shape index (κ2) is 6.37. The van der Waals surface area contributed by atoms with Gasteiger partial charge >= 0.3 is 0 Å². The molecule has 1 amide bonds. The van der Waals surface area contributed by atoms with Crippen molar-refractivity contribution in [1.29, 1.82) is 0 Å². The van der Waals surface area contributed by atoms with Crippen LogP contribution in [0, 0.1) is 17.8 Å². The van der Waals surface area contributed by atoms with E-state index in [2.05, 4.69) is 5.32 Å². The molecule has 3 heteroatoms. The van der Waals surface area contributed by atoms with E-state index in [-0.39, 0.29) is 30.4 Å². The van der Waals surface area contributed by atoms with E-state index in [1.165, 1.54) is 25.7 Å². The Morgan fingerprint density at radius 2 is 2.11 bits per heavy atom. The fourth-order valence-electron chi connectivity index (χ4n) is 3.20. The van der Waals surface area contributed by atoms with Crippen LogP contribution in [0.15, 0.2) is 12.2 Å². The molecule has 18 heavy (non-hydrogen) atoms. The van der Waals surface area contributed by atoms with Gasteiger partial charge in [-0.3, -0.25) is 4.79 Å². The third-order valence-corrected chi connectivity index (χ3v) is 4.34. The molecule has 3 nitrogen and oxygen atoms in total. The molecule has 2 aliphatic carbocycles. The Kier molecular flexibility index (Phi) is 4.81. The maximum atomic E-state index is 12.1. The van der Waals surface area contributed by atoms with Gasteiger partial charge in [-0.15, -0.1) is 0 Å². The van der Waals surface area contributed by atoms with Crippen molar-refractivity contribution in [3.63, 3.8) is 0 Å². The zero-order valence-corrected chi connectivity index (χ0v) is 11.3. The summed E-state index contributed by atoms with van der Waals surface area (Å²) >= 11 is 0. The van der Waals surface area contributed by atoms with Crippen molar-refractivity contribution >= 4 is 5.91 Å². The molecule has 0 saturated heterocycles. The molecule has 1 unspecified atom stereocenters. The molecule has 0 aromatic rings. The van der Waals surface area contributed by atoms with Gasteiger partial charge in [0.1, 0.15) is 0 Å². The average molecular weight is 251 g/mol. The molecular formula is C15H25NO2. The van der Waals surface area contributed by atoms with Crippen LogP contribution in [0.2, 0.25) is 0 Å². The van der Waals surface area contributed by atoms with Crippen molar-refractivity contribution in [2.45, 2.75) is 51.5 Å². The van der Waals surface area contributed by atoms with Gasteiger partial charge in [-0.1, -0.05) is 44.8 Å². The Labute approximate surface area is 110 Å². The van der Waals surface area contributed by atoms with Gasteiger partial charge in [0.25, 0.3) is 0 Å². The third-order valence-electron chi connectivity index (χ3n) is 4.34. The molecule has 0 aromatic carbocycles. The molecule has 2 aliphatic rings. The zero-order valence-electron chi connectivity index (χ0n) is 11.3. The molecule has 3 atom stereocenters. The quantitative estimate of drug-likeness (QED) is 0.736. The SMILES string of the molecule is CC(CC1CCCC1)C(=O)N[C@@H]1C=C[C@H](CO)C1. The highest BCUT2D eigenvalue weighted by Gasteiger charge is 2.25. The summed E-state index contributed by atoms with van der Waals surface area (Å²) in [5, 5.41) is 12.1. The van der Waals surface area contributed by atoms with Gasteiger partial charge in [-0.2, -0.15) is 0 Å². The first kappa shape index (κ1) is 13.6. The molecule has 0 aromatic heterocycles. The minimum Gasteiger partial charge on any atom is -0.396 e. The van der Waals surface area contributed by atoms with Crippen LogP contribution in [0.5, 0.6) is 0 Å². The van der Waals surface area contributed by atoms with Gasteiger partial charge in [-0.25, -0.2) is 0 Å². The zero-order chi connectivity index (χ0) is 13.0. The Morgan fingerprint density at radius 1 is 1.39 bits per heavy atom. The maximum absolute atomic E-state index is 12.1. The largest absolute Gasteiger partial charge is 0.396 e. The third kappa shape index (κ3) is 3.58. The van der Waals surface area contributed by atoms with E-state index in [1.807, 2.05) is 19.1 Å². The van der Waals surface area contributed by atoms with Crippen LogP contribution < -0.4 is 5.32 Å². The smallest absolute Gasteiger partial charge is 0.223 e. The van der Waals surface area contributed by atoms with Crippen molar-refractivity contribution in [2.24, 2.45) is 17.8 Å².